The first-order chi connectivity index (χ1) is 24.1. The summed E-state index contributed by atoms with van der Waals surface area (Å²) in [5.74, 6) is 0. The van der Waals surface area contributed by atoms with E-state index < -0.39 is 96.1 Å². The van der Waals surface area contributed by atoms with Gasteiger partial charge < -0.3 is 0 Å². The van der Waals surface area contributed by atoms with E-state index in [1.54, 1.807) is 0 Å². The third-order valence-electron chi connectivity index (χ3n) is 25.8. The Morgan fingerprint density at radius 3 is 0.474 bits per heavy atom. The van der Waals surface area contributed by atoms with Crippen LogP contribution in [-0.2, 0) is 0 Å². The zero-order chi connectivity index (χ0) is 46.1. The SMILES string of the molecule is CC(C)(C)[Si](C)(C)[Si]12[Si]3[Si]1([Si](C)(C)C(C)(C)C)[Si]1([Si](C)(C)C(C)(C)C)[Si]2([Si](C)(C)C(C)(C)C)[Si]2([Si](C)(C)C(C)(C)C)[Si]3([Si](C)(C)C(C)(C)C)[Si]12[Si](C)(C)C(C)(C)C. The molecule has 0 nitrogen and oxygen atoms in total. The lowest BCUT2D eigenvalue weighted by Gasteiger charge is -2.96. The molecule has 0 N–H and O–H groups in total. The third-order valence-corrected chi connectivity index (χ3v) is 710. The van der Waals surface area contributed by atoms with Crippen molar-refractivity contribution in [1.82, 2.24) is 0 Å². The van der Waals surface area contributed by atoms with Crippen molar-refractivity contribution < 1.29 is 0 Å². The summed E-state index contributed by atoms with van der Waals surface area (Å²) in [5.41, 5.74) is 0. The van der Waals surface area contributed by atoms with Gasteiger partial charge in [0.1, 0.15) is 0 Å². The van der Waals surface area contributed by atoms with Crippen molar-refractivity contribution in [3.63, 3.8) is 0 Å². The fourth-order valence-corrected chi connectivity index (χ4v) is 2190. The van der Waals surface area contributed by atoms with Gasteiger partial charge in [-0.3, -0.25) is 0 Å². The van der Waals surface area contributed by atoms with Gasteiger partial charge in [0.2, 0.25) is 0 Å². The Kier molecular flexibility index (Phi) is 10.3. The second-order valence-corrected chi connectivity index (χ2v) is 238. The second-order valence-electron chi connectivity index (χ2n) is 32.8. The number of hydrogen-bond donors (Lipinski definition) is 0. The van der Waals surface area contributed by atoms with Gasteiger partial charge in [0, 0.05) is 103 Å². The second kappa shape index (κ2) is 11.5. The lowest BCUT2D eigenvalue weighted by atomic mass is 10.2. The van der Waals surface area contributed by atoms with Crippen LogP contribution in [0.2, 0.25) is 127 Å². The van der Waals surface area contributed by atoms with E-state index in [-0.39, 0.29) is 7.35 Å². The summed E-state index contributed by atoms with van der Waals surface area (Å²) in [7, 11) is -12.2. The van der Waals surface area contributed by atoms with Crippen LogP contribution < -0.4 is 0 Å². The van der Waals surface area contributed by atoms with E-state index in [4.69, 9.17) is 0 Å². The topological polar surface area (TPSA) is 0 Å². The van der Waals surface area contributed by atoms with Crippen molar-refractivity contribution in [1.29, 1.82) is 0 Å². The summed E-state index contributed by atoms with van der Waals surface area (Å²) >= 11 is 0. The Morgan fingerprint density at radius 1 is 0.211 bits per heavy atom. The standard InChI is InChI=1S/C42H105Si15/c1-36(2,3)44(22,23)51-43-52(51,45(24,25)37(4,5)6)55(48(30,31)40(13,14)15)54(51,47(28,29)39(10,11)12)56(49(32,33)41(16,17)18)53(43,46(26,27)38(7,8)9)57(55,56)50(34,35)42(19,20)21/h1-35H3. The average Bonchev–Trinajstić information content (AvgIpc) is 3.63. The molecule has 57 heavy (non-hydrogen) atoms. The van der Waals surface area contributed by atoms with Gasteiger partial charge in [-0.25, -0.2) is 0 Å². The average molecular weight is 1030 g/mol. The molecule has 6 fully saturated rings. The van der Waals surface area contributed by atoms with Crippen LogP contribution in [0, 0.1) is 0 Å². The van der Waals surface area contributed by atoms with Crippen LogP contribution in [0.4, 0.5) is 0 Å². The van der Waals surface area contributed by atoms with Crippen LogP contribution in [0.25, 0.3) is 0 Å². The smallest absolute Gasteiger partial charge is 0.0374 e. The minimum absolute atomic E-state index is 0.266. The minimum atomic E-state index is -1.76. The zero-order valence-corrected chi connectivity index (χ0v) is 61.0. The highest BCUT2D eigenvalue weighted by molar-refractivity contribution is 9.08. The molecule has 0 saturated carbocycles. The largest absolute Gasteiger partial charge is 0.0715 e. The van der Waals surface area contributed by atoms with Gasteiger partial charge in [0.25, 0.3) is 0 Å². The molecule has 0 aromatic carbocycles. The minimum Gasteiger partial charge on any atom is -0.0715 e. The molecular weight excluding hydrogens is 926 g/mol. The summed E-state index contributed by atoms with van der Waals surface area (Å²) in [4.78, 5) is 0. The molecule has 0 bridgehead atoms. The molecule has 6 aliphatic heterocycles. The monoisotopic (exact) mass is 1030 g/mol. The van der Waals surface area contributed by atoms with Gasteiger partial charge in [-0.1, -0.05) is 237 Å². The summed E-state index contributed by atoms with van der Waals surface area (Å²) < 4.78 is 0. The molecule has 0 aliphatic carbocycles. The lowest BCUT2D eigenvalue weighted by molar-refractivity contribution is 0.729. The van der Waals surface area contributed by atoms with Crippen LogP contribution in [-0.4, -0.2) is 103 Å². The van der Waals surface area contributed by atoms with Crippen LogP contribution in [0.5, 0.6) is 0 Å². The first kappa shape index (κ1) is 51.2. The maximum absolute atomic E-state index is 3.37. The normalized spacial score (nSPS) is 38.2. The molecule has 1 radical (unpaired) electrons. The Bertz CT molecular complexity index is 1650. The van der Waals surface area contributed by atoms with E-state index in [0.717, 1.165) is 0 Å². The van der Waals surface area contributed by atoms with Crippen molar-refractivity contribution in [3.05, 3.63) is 0 Å². The van der Waals surface area contributed by atoms with Gasteiger partial charge in [0.15, 0.2) is 0 Å². The summed E-state index contributed by atoms with van der Waals surface area (Å²) in [6.07, 6.45) is -11.4. The molecular formula is C42H105Si15. The summed E-state index contributed by atoms with van der Waals surface area (Å²) in [5, 5.41) is 3.95. The van der Waals surface area contributed by atoms with Crippen molar-refractivity contribution >= 4 is 103 Å². The molecule has 0 aromatic heterocycles. The molecule has 6 atom stereocenters. The van der Waals surface area contributed by atoms with Gasteiger partial charge in [0.05, 0.1) is 0 Å². The molecule has 0 amide bonds. The number of hydrogen-bond acceptors (Lipinski definition) is 0. The van der Waals surface area contributed by atoms with E-state index >= 15 is 0 Å². The summed E-state index contributed by atoms with van der Waals surface area (Å²) in [6, 6.07) is 0. The molecule has 6 heterocycles. The highest BCUT2D eigenvalue weighted by atomic mass is 31.4. The van der Waals surface area contributed by atoms with Crippen molar-refractivity contribution in [2.45, 2.75) is 272 Å². The molecule has 6 rings (SSSR count). The van der Waals surface area contributed by atoms with Crippen molar-refractivity contribution in [2.24, 2.45) is 0 Å². The first-order valence-electron chi connectivity index (χ1n) is 24.0. The highest BCUT2D eigenvalue weighted by Crippen LogP contribution is 3.06. The third kappa shape index (κ3) is 3.86. The Balaban J connectivity index is 2.46. The fourth-order valence-electron chi connectivity index (χ4n) is 18.8. The Hall–Kier alpha value is 3.25. The molecule has 0 spiro atoms. The fraction of sp³-hybridized carbons (Fsp3) is 1.00. The molecule has 6 unspecified atom stereocenters. The first-order valence-corrected chi connectivity index (χ1v) is 79.5. The Labute approximate surface area is 372 Å². The van der Waals surface area contributed by atoms with Gasteiger partial charge in [-0.05, 0) is 35.3 Å². The van der Waals surface area contributed by atoms with E-state index in [1.165, 1.54) is 0 Å². The van der Waals surface area contributed by atoms with Crippen LogP contribution in [0.15, 0.2) is 0 Å². The van der Waals surface area contributed by atoms with E-state index in [9.17, 15) is 0 Å². The molecule has 0 aromatic rings. The summed E-state index contributed by atoms with van der Waals surface area (Å²) in [6.45, 7) is 109. The quantitative estimate of drug-likeness (QED) is 0.223. The predicted molar refractivity (Wildman–Crippen MR) is 306 cm³/mol. The van der Waals surface area contributed by atoms with Gasteiger partial charge >= 0.3 is 0 Å². The maximum Gasteiger partial charge on any atom is 0.0374 e. The lowest BCUT2D eigenvalue weighted by Crippen LogP contribution is -3.30. The molecule has 6 aliphatic rings. The van der Waals surface area contributed by atoms with Gasteiger partial charge in [-0.15, -0.1) is 0 Å². The number of rotatable bonds is 7. The van der Waals surface area contributed by atoms with Crippen LogP contribution in [0.1, 0.15) is 145 Å². The van der Waals surface area contributed by atoms with Crippen LogP contribution in [0.3, 0.4) is 0 Å². The molecule has 6 saturated heterocycles. The molecule has 15 heteroatoms. The molecule has 333 valence electrons. The van der Waals surface area contributed by atoms with Gasteiger partial charge in [-0.2, -0.15) is 0 Å². The maximum atomic E-state index is 3.37. The van der Waals surface area contributed by atoms with E-state index in [0.29, 0.717) is 35.3 Å². The Morgan fingerprint density at radius 2 is 0.333 bits per heavy atom. The van der Waals surface area contributed by atoms with Crippen LogP contribution >= 0.6 is 0 Å². The van der Waals surface area contributed by atoms with E-state index in [1.807, 2.05) is 0 Å². The van der Waals surface area contributed by atoms with Crippen molar-refractivity contribution in [3.8, 4) is 0 Å². The van der Waals surface area contributed by atoms with Crippen molar-refractivity contribution in [2.75, 3.05) is 0 Å². The van der Waals surface area contributed by atoms with E-state index in [2.05, 4.69) is 237 Å². The predicted octanol–water partition coefficient (Wildman–Crippen LogP) is 14.7. The zero-order valence-electron chi connectivity index (χ0n) is 46.0. The highest BCUT2D eigenvalue weighted by Gasteiger charge is 3.40.